The Morgan fingerprint density at radius 3 is 2.33 bits per heavy atom. The monoisotopic (exact) mass is 272 g/mol. The molecule has 1 aromatic carbocycles. The fourth-order valence-electron chi connectivity index (χ4n) is 1.22. The summed E-state index contributed by atoms with van der Waals surface area (Å²) in [5.74, 6) is 0.153. The maximum Gasteiger partial charge on any atom is 0.306 e. The standard InChI is InChI=1S/C12H16O5S/c1-12(2,3)17-10-8(14)9(15)11(10)18-6-5-7(13)16-4/h5-6H2,1-4H3. The minimum absolute atomic E-state index is 0.113. The molecule has 0 saturated heterocycles. The summed E-state index contributed by atoms with van der Waals surface area (Å²) in [6.45, 7) is 5.40. The molecular formula is C12H16O5S. The van der Waals surface area contributed by atoms with E-state index >= 15 is 0 Å². The van der Waals surface area contributed by atoms with Crippen molar-refractivity contribution in [1.82, 2.24) is 0 Å². The number of carbonyl (C=O) groups excluding carboxylic acids is 1. The van der Waals surface area contributed by atoms with Crippen LogP contribution in [0.4, 0.5) is 0 Å². The van der Waals surface area contributed by atoms with Crippen LogP contribution in [0.2, 0.25) is 0 Å². The predicted octanol–water partition coefficient (Wildman–Crippen LogP) is 1.12. The number of ether oxygens (including phenoxy) is 2. The van der Waals surface area contributed by atoms with E-state index in [4.69, 9.17) is 4.74 Å². The Bertz CT molecular complexity index is 505. The van der Waals surface area contributed by atoms with E-state index in [-0.39, 0.29) is 18.1 Å². The van der Waals surface area contributed by atoms with Crippen molar-refractivity contribution in [2.45, 2.75) is 37.7 Å². The van der Waals surface area contributed by atoms with Gasteiger partial charge in [-0.25, -0.2) is 0 Å². The fourth-order valence-corrected chi connectivity index (χ4v) is 2.18. The SMILES string of the molecule is COC(=O)CCSc1c(OC(C)(C)C)c(=O)c1=O. The maximum absolute atomic E-state index is 11.4. The smallest absolute Gasteiger partial charge is 0.306 e. The van der Waals surface area contributed by atoms with Crippen molar-refractivity contribution in [2.75, 3.05) is 12.9 Å². The lowest BCUT2D eigenvalue weighted by molar-refractivity contribution is -0.140. The van der Waals surface area contributed by atoms with Gasteiger partial charge in [0.15, 0.2) is 5.75 Å². The average molecular weight is 272 g/mol. The predicted molar refractivity (Wildman–Crippen MR) is 69.1 cm³/mol. The van der Waals surface area contributed by atoms with Crippen molar-refractivity contribution < 1.29 is 14.3 Å². The molecule has 18 heavy (non-hydrogen) atoms. The summed E-state index contributed by atoms with van der Waals surface area (Å²) in [4.78, 5) is 34.0. The Kier molecular flexibility index (Phi) is 4.56. The van der Waals surface area contributed by atoms with Gasteiger partial charge in [0, 0.05) is 5.75 Å². The van der Waals surface area contributed by atoms with Gasteiger partial charge in [0.25, 0.3) is 5.43 Å². The molecule has 6 heteroatoms. The summed E-state index contributed by atoms with van der Waals surface area (Å²) in [6, 6.07) is 0. The Balaban J connectivity index is 2.67. The van der Waals surface area contributed by atoms with Crippen LogP contribution < -0.4 is 15.6 Å². The van der Waals surface area contributed by atoms with Crippen molar-refractivity contribution in [3.8, 4) is 5.75 Å². The normalized spacial score (nSPS) is 11.6. The summed E-state index contributed by atoms with van der Waals surface area (Å²) < 4.78 is 9.91. The summed E-state index contributed by atoms with van der Waals surface area (Å²) in [5.41, 5.74) is -1.66. The summed E-state index contributed by atoms with van der Waals surface area (Å²) in [5, 5.41) is 0. The van der Waals surface area contributed by atoms with Gasteiger partial charge in [-0.15, -0.1) is 11.8 Å². The molecule has 1 rings (SSSR count). The van der Waals surface area contributed by atoms with Crippen molar-refractivity contribution in [2.24, 2.45) is 0 Å². The molecule has 5 nitrogen and oxygen atoms in total. The van der Waals surface area contributed by atoms with E-state index in [9.17, 15) is 14.4 Å². The summed E-state index contributed by atoms with van der Waals surface area (Å²) in [6.07, 6.45) is 0.189. The Morgan fingerprint density at radius 1 is 1.22 bits per heavy atom. The average Bonchev–Trinajstić information content (AvgIpc) is 2.30. The molecular weight excluding hydrogens is 256 g/mol. The minimum atomic E-state index is -0.592. The molecule has 0 aliphatic heterocycles. The van der Waals surface area contributed by atoms with E-state index in [0.29, 0.717) is 10.6 Å². The van der Waals surface area contributed by atoms with Crippen LogP contribution in [0.3, 0.4) is 0 Å². The number of rotatable bonds is 5. The fraction of sp³-hybridized carbons (Fsp3) is 0.583. The molecule has 0 N–H and O–H groups in total. The summed E-state index contributed by atoms with van der Waals surface area (Å²) in [7, 11) is 1.30. The first-order chi connectivity index (χ1) is 8.26. The lowest BCUT2D eigenvalue weighted by Crippen LogP contribution is -2.38. The number of carbonyl (C=O) groups is 1. The van der Waals surface area contributed by atoms with Crippen LogP contribution in [0.5, 0.6) is 5.75 Å². The molecule has 0 spiro atoms. The van der Waals surface area contributed by atoms with Crippen LogP contribution in [0.25, 0.3) is 0 Å². The molecule has 1 aromatic rings. The van der Waals surface area contributed by atoms with Crippen molar-refractivity contribution >= 4 is 17.7 Å². The zero-order chi connectivity index (χ0) is 13.9. The van der Waals surface area contributed by atoms with Gasteiger partial charge >= 0.3 is 5.97 Å². The van der Waals surface area contributed by atoms with Crippen LogP contribution in [-0.2, 0) is 9.53 Å². The minimum Gasteiger partial charge on any atom is -0.483 e. The molecule has 0 bridgehead atoms. The molecule has 0 heterocycles. The van der Waals surface area contributed by atoms with E-state index in [2.05, 4.69) is 4.74 Å². The highest BCUT2D eigenvalue weighted by atomic mass is 32.2. The Morgan fingerprint density at radius 2 is 1.83 bits per heavy atom. The number of hydrogen-bond donors (Lipinski definition) is 0. The topological polar surface area (TPSA) is 69.7 Å². The largest absolute Gasteiger partial charge is 0.483 e. The number of methoxy groups -OCH3 is 1. The lowest BCUT2D eigenvalue weighted by Gasteiger charge is -2.23. The van der Waals surface area contributed by atoms with E-state index in [1.54, 1.807) is 20.8 Å². The van der Waals surface area contributed by atoms with Gasteiger partial charge in [-0.3, -0.25) is 14.4 Å². The molecule has 0 amide bonds. The number of esters is 1. The van der Waals surface area contributed by atoms with E-state index in [1.165, 1.54) is 7.11 Å². The van der Waals surface area contributed by atoms with Crippen LogP contribution in [0, 0.1) is 0 Å². The van der Waals surface area contributed by atoms with Gasteiger partial charge in [-0.1, -0.05) is 0 Å². The van der Waals surface area contributed by atoms with Crippen LogP contribution in [-0.4, -0.2) is 24.4 Å². The second-order valence-corrected chi connectivity index (χ2v) is 5.81. The number of thioether (sulfide) groups is 1. The second-order valence-electron chi connectivity index (χ2n) is 4.71. The van der Waals surface area contributed by atoms with Crippen molar-refractivity contribution in [3.05, 3.63) is 20.4 Å². The number of hydrogen-bond acceptors (Lipinski definition) is 6. The third-order valence-corrected chi connectivity index (χ3v) is 3.08. The maximum atomic E-state index is 11.4. The molecule has 0 aromatic heterocycles. The first kappa shape index (κ1) is 14.8. The zero-order valence-electron chi connectivity index (χ0n) is 10.9. The lowest BCUT2D eigenvalue weighted by atomic mass is 10.2. The van der Waals surface area contributed by atoms with Crippen LogP contribution >= 0.6 is 11.8 Å². The van der Waals surface area contributed by atoms with Crippen LogP contribution in [0.15, 0.2) is 14.5 Å². The molecule has 0 radical (unpaired) electrons. The molecule has 100 valence electrons. The third-order valence-electron chi connectivity index (χ3n) is 2.01. The van der Waals surface area contributed by atoms with Gasteiger partial charge in [0.05, 0.1) is 13.5 Å². The molecule has 0 fully saturated rings. The van der Waals surface area contributed by atoms with E-state index in [0.717, 1.165) is 11.8 Å². The van der Waals surface area contributed by atoms with Gasteiger partial charge in [-0.2, -0.15) is 0 Å². The quantitative estimate of drug-likeness (QED) is 0.454. The molecule has 0 aliphatic carbocycles. The molecule has 0 aliphatic rings. The first-order valence-electron chi connectivity index (χ1n) is 5.48. The van der Waals surface area contributed by atoms with Gasteiger partial charge in [0.1, 0.15) is 10.5 Å². The highest BCUT2D eigenvalue weighted by Crippen LogP contribution is 2.27. The second kappa shape index (κ2) is 5.56. The third kappa shape index (κ3) is 3.60. The highest BCUT2D eigenvalue weighted by molar-refractivity contribution is 7.99. The molecule has 0 saturated carbocycles. The highest BCUT2D eigenvalue weighted by Gasteiger charge is 2.26. The van der Waals surface area contributed by atoms with Gasteiger partial charge in [0.2, 0.25) is 5.43 Å². The molecule has 0 atom stereocenters. The Hall–Kier alpha value is -1.30. The van der Waals surface area contributed by atoms with E-state index in [1.807, 2.05) is 0 Å². The van der Waals surface area contributed by atoms with E-state index < -0.39 is 16.5 Å². The zero-order valence-corrected chi connectivity index (χ0v) is 11.7. The van der Waals surface area contributed by atoms with Crippen LogP contribution in [0.1, 0.15) is 27.2 Å². The molecule has 0 unspecified atom stereocenters. The van der Waals surface area contributed by atoms with Gasteiger partial charge < -0.3 is 9.47 Å². The first-order valence-corrected chi connectivity index (χ1v) is 6.46. The Labute approximate surface area is 109 Å². The van der Waals surface area contributed by atoms with Gasteiger partial charge in [-0.05, 0) is 20.8 Å². The van der Waals surface area contributed by atoms with Crippen molar-refractivity contribution in [3.63, 3.8) is 0 Å². The van der Waals surface area contributed by atoms with Crippen molar-refractivity contribution in [1.29, 1.82) is 0 Å². The summed E-state index contributed by atoms with van der Waals surface area (Å²) >= 11 is 1.15.